The van der Waals surface area contributed by atoms with E-state index in [1.807, 2.05) is 0 Å². The van der Waals surface area contributed by atoms with Gasteiger partial charge in [0.25, 0.3) is 0 Å². The maximum Gasteiger partial charge on any atom is 0.0619 e. The standard InChI is InChI=1S/C32H20N2/c1-2-11-23(12-3-1)34-31-19-27-26-16-21-9-4-5-10-22(21)17-29(26)33-30(27)18-28(31)25-15-14-20-8-6-7-13-24(20)32(25)34/h1-19,33H. The number of para-hydroxylation sites is 1. The van der Waals surface area contributed by atoms with Crippen molar-refractivity contribution in [3.63, 3.8) is 0 Å². The first kappa shape index (κ1) is 17.9. The van der Waals surface area contributed by atoms with Gasteiger partial charge in [0.15, 0.2) is 0 Å². The fourth-order valence-electron chi connectivity index (χ4n) is 5.71. The zero-order valence-corrected chi connectivity index (χ0v) is 18.4. The van der Waals surface area contributed by atoms with Gasteiger partial charge in [-0.15, -0.1) is 0 Å². The number of aromatic amines is 1. The first-order chi connectivity index (χ1) is 16.8. The summed E-state index contributed by atoms with van der Waals surface area (Å²) in [4.78, 5) is 3.70. The molecule has 0 aliphatic rings. The summed E-state index contributed by atoms with van der Waals surface area (Å²) in [6, 6.07) is 41.8. The number of nitrogens with zero attached hydrogens (tertiary/aromatic N) is 1. The second kappa shape index (κ2) is 6.49. The Hall–Kier alpha value is -4.56. The first-order valence-electron chi connectivity index (χ1n) is 11.7. The summed E-state index contributed by atoms with van der Waals surface area (Å²) in [5.41, 5.74) is 6.05. The number of benzene rings is 6. The number of nitrogens with one attached hydrogen (secondary N) is 1. The molecule has 0 saturated carbocycles. The van der Waals surface area contributed by atoms with Crippen LogP contribution >= 0.6 is 0 Å². The molecule has 2 heterocycles. The van der Waals surface area contributed by atoms with E-state index in [4.69, 9.17) is 0 Å². The van der Waals surface area contributed by atoms with Crippen molar-refractivity contribution in [1.82, 2.24) is 9.55 Å². The van der Waals surface area contributed by atoms with Crippen LogP contribution in [0.4, 0.5) is 0 Å². The number of hydrogen-bond donors (Lipinski definition) is 1. The molecule has 0 amide bonds. The van der Waals surface area contributed by atoms with E-state index in [0.29, 0.717) is 0 Å². The molecule has 0 saturated heterocycles. The Kier molecular flexibility index (Phi) is 3.42. The Morgan fingerprint density at radius 2 is 1.12 bits per heavy atom. The van der Waals surface area contributed by atoms with Gasteiger partial charge in [-0.05, 0) is 52.6 Å². The molecular weight excluding hydrogens is 412 g/mol. The van der Waals surface area contributed by atoms with E-state index in [0.717, 1.165) is 0 Å². The van der Waals surface area contributed by atoms with E-state index in [1.165, 1.54) is 70.8 Å². The molecule has 0 bridgehead atoms. The maximum absolute atomic E-state index is 3.70. The molecule has 2 heteroatoms. The molecule has 2 nitrogen and oxygen atoms in total. The predicted molar refractivity (Wildman–Crippen MR) is 145 cm³/mol. The Morgan fingerprint density at radius 1 is 0.441 bits per heavy atom. The molecule has 0 unspecified atom stereocenters. The summed E-state index contributed by atoms with van der Waals surface area (Å²) in [6.45, 7) is 0. The van der Waals surface area contributed by atoms with Crippen molar-refractivity contribution in [2.45, 2.75) is 0 Å². The minimum atomic E-state index is 1.18. The number of H-pyrrole nitrogens is 1. The molecule has 1 N–H and O–H groups in total. The topological polar surface area (TPSA) is 20.7 Å². The zero-order valence-electron chi connectivity index (χ0n) is 18.4. The van der Waals surface area contributed by atoms with Gasteiger partial charge in [0.1, 0.15) is 0 Å². The van der Waals surface area contributed by atoms with Gasteiger partial charge in [-0.1, -0.05) is 78.9 Å². The minimum Gasteiger partial charge on any atom is -0.354 e. The van der Waals surface area contributed by atoms with Crippen LogP contribution < -0.4 is 0 Å². The third-order valence-corrected chi connectivity index (χ3v) is 7.25. The van der Waals surface area contributed by atoms with Crippen LogP contribution in [-0.2, 0) is 0 Å². The normalized spacial score (nSPS) is 12.1. The van der Waals surface area contributed by atoms with Crippen LogP contribution in [0.5, 0.6) is 0 Å². The summed E-state index contributed by atoms with van der Waals surface area (Å²) < 4.78 is 2.44. The summed E-state index contributed by atoms with van der Waals surface area (Å²) in [6.07, 6.45) is 0. The Balaban J connectivity index is 1.60. The van der Waals surface area contributed by atoms with Gasteiger partial charge < -0.3 is 9.55 Å². The number of fused-ring (bicyclic) bond motifs is 9. The van der Waals surface area contributed by atoms with E-state index in [2.05, 4.69) is 125 Å². The lowest BCUT2D eigenvalue weighted by atomic mass is 10.0. The lowest BCUT2D eigenvalue weighted by molar-refractivity contribution is 1.19. The molecule has 0 fully saturated rings. The Bertz CT molecular complexity index is 2060. The highest BCUT2D eigenvalue weighted by molar-refractivity contribution is 6.23. The number of hydrogen-bond acceptors (Lipinski definition) is 0. The van der Waals surface area contributed by atoms with Crippen LogP contribution in [0.25, 0.3) is 70.8 Å². The molecule has 6 aromatic carbocycles. The molecule has 2 aromatic heterocycles. The van der Waals surface area contributed by atoms with Gasteiger partial charge in [-0.25, -0.2) is 0 Å². The maximum atomic E-state index is 3.70. The van der Waals surface area contributed by atoms with Gasteiger partial charge in [-0.2, -0.15) is 0 Å². The summed E-state index contributed by atoms with van der Waals surface area (Å²) in [5, 5.41) is 10.2. The van der Waals surface area contributed by atoms with Gasteiger partial charge in [0, 0.05) is 43.7 Å². The third-order valence-electron chi connectivity index (χ3n) is 7.25. The fraction of sp³-hybridized carbons (Fsp3) is 0. The van der Waals surface area contributed by atoms with Crippen LogP contribution in [0.2, 0.25) is 0 Å². The van der Waals surface area contributed by atoms with Gasteiger partial charge in [0.2, 0.25) is 0 Å². The zero-order chi connectivity index (χ0) is 22.2. The molecule has 34 heavy (non-hydrogen) atoms. The first-order valence-corrected chi connectivity index (χ1v) is 11.7. The largest absolute Gasteiger partial charge is 0.354 e. The summed E-state index contributed by atoms with van der Waals surface area (Å²) >= 11 is 0. The van der Waals surface area contributed by atoms with Crippen molar-refractivity contribution in [1.29, 1.82) is 0 Å². The van der Waals surface area contributed by atoms with Crippen LogP contribution in [0.15, 0.2) is 115 Å². The lowest BCUT2D eigenvalue weighted by Gasteiger charge is -2.09. The molecule has 8 aromatic rings. The van der Waals surface area contributed by atoms with Crippen molar-refractivity contribution in [3.05, 3.63) is 115 Å². The molecular formula is C32H20N2. The molecule has 0 aliphatic heterocycles. The summed E-state index contributed by atoms with van der Waals surface area (Å²) in [5.74, 6) is 0. The van der Waals surface area contributed by atoms with E-state index in [9.17, 15) is 0 Å². The highest BCUT2D eigenvalue weighted by Gasteiger charge is 2.17. The molecule has 158 valence electrons. The Morgan fingerprint density at radius 3 is 1.97 bits per heavy atom. The van der Waals surface area contributed by atoms with Crippen LogP contribution in [0, 0.1) is 0 Å². The SMILES string of the molecule is c1ccc(-n2c3cc4c(cc3c3ccc5ccccc5c32)[nH]c2cc3ccccc3cc24)cc1. The van der Waals surface area contributed by atoms with E-state index in [-0.39, 0.29) is 0 Å². The lowest BCUT2D eigenvalue weighted by Crippen LogP contribution is -1.93. The van der Waals surface area contributed by atoms with Crippen molar-refractivity contribution in [2.75, 3.05) is 0 Å². The average Bonchev–Trinajstić information content (AvgIpc) is 3.41. The van der Waals surface area contributed by atoms with E-state index >= 15 is 0 Å². The summed E-state index contributed by atoms with van der Waals surface area (Å²) in [7, 11) is 0. The molecule has 0 radical (unpaired) electrons. The molecule has 0 spiro atoms. The van der Waals surface area contributed by atoms with Crippen molar-refractivity contribution in [3.8, 4) is 5.69 Å². The third kappa shape index (κ3) is 2.35. The smallest absolute Gasteiger partial charge is 0.0619 e. The van der Waals surface area contributed by atoms with Gasteiger partial charge in [-0.3, -0.25) is 0 Å². The van der Waals surface area contributed by atoms with Gasteiger partial charge in [0.05, 0.1) is 11.0 Å². The van der Waals surface area contributed by atoms with Crippen molar-refractivity contribution >= 4 is 65.2 Å². The second-order valence-electron chi connectivity index (χ2n) is 9.14. The quantitative estimate of drug-likeness (QED) is 0.268. The van der Waals surface area contributed by atoms with Crippen molar-refractivity contribution < 1.29 is 0 Å². The second-order valence-corrected chi connectivity index (χ2v) is 9.14. The van der Waals surface area contributed by atoms with Crippen LogP contribution in [0.3, 0.4) is 0 Å². The Labute approximate surface area is 195 Å². The minimum absolute atomic E-state index is 1.18. The van der Waals surface area contributed by atoms with E-state index in [1.54, 1.807) is 0 Å². The molecule has 0 atom stereocenters. The van der Waals surface area contributed by atoms with Gasteiger partial charge >= 0.3 is 0 Å². The molecule has 8 rings (SSSR count). The molecule has 0 aliphatic carbocycles. The van der Waals surface area contributed by atoms with Crippen molar-refractivity contribution in [2.24, 2.45) is 0 Å². The average molecular weight is 433 g/mol. The highest BCUT2D eigenvalue weighted by Crippen LogP contribution is 2.40. The fourth-order valence-corrected chi connectivity index (χ4v) is 5.71. The highest BCUT2D eigenvalue weighted by atomic mass is 15.0. The monoisotopic (exact) mass is 432 g/mol. The number of aromatic nitrogens is 2. The number of rotatable bonds is 1. The predicted octanol–water partition coefficient (Wildman–Crippen LogP) is 8.72. The van der Waals surface area contributed by atoms with E-state index < -0.39 is 0 Å². The van der Waals surface area contributed by atoms with Crippen LogP contribution in [-0.4, -0.2) is 9.55 Å². The van der Waals surface area contributed by atoms with Crippen LogP contribution in [0.1, 0.15) is 0 Å².